The molecule has 2 aromatic rings. The summed E-state index contributed by atoms with van der Waals surface area (Å²) < 4.78 is 0. The normalized spacial score (nSPS) is 23.3. The number of amides is 1. The Morgan fingerprint density at radius 2 is 2.00 bits per heavy atom. The molecular weight excluding hydrogens is 384 g/mol. The fourth-order valence-electron chi connectivity index (χ4n) is 5.47. The van der Waals surface area contributed by atoms with Gasteiger partial charge in [-0.05, 0) is 75.7 Å². The van der Waals surface area contributed by atoms with Crippen molar-refractivity contribution in [2.75, 3.05) is 26.2 Å². The molecule has 0 bridgehead atoms. The summed E-state index contributed by atoms with van der Waals surface area (Å²) in [7, 11) is 0. The molecule has 2 unspecified atom stereocenters. The zero-order valence-electron chi connectivity index (χ0n) is 19.1. The summed E-state index contributed by atoms with van der Waals surface area (Å²) in [5, 5.41) is 10.5. The highest BCUT2D eigenvalue weighted by atomic mass is 16.2. The number of rotatable bonds is 4. The van der Waals surface area contributed by atoms with Crippen molar-refractivity contribution in [1.82, 2.24) is 14.8 Å². The van der Waals surface area contributed by atoms with Crippen LogP contribution < -0.4 is 0 Å². The molecule has 4 rings (SSSR count). The molecule has 0 radical (unpaired) electrons. The molecule has 31 heavy (non-hydrogen) atoms. The topological polar surface area (TPSA) is 60.2 Å². The van der Waals surface area contributed by atoms with Crippen molar-refractivity contribution in [3.63, 3.8) is 0 Å². The molecule has 0 spiro atoms. The van der Waals surface area contributed by atoms with E-state index in [1.807, 2.05) is 12.1 Å². The van der Waals surface area contributed by atoms with Crippen LogP contribution in [0.5, 0.6) is 0 Å². The van der Waals surface area contributed by atoms with E-state index in [2.05, 4.69) is 53.8 Å². The number of nitriles is 1. The second kappa shape index (κ2) is 9.36. The summed E-state index contributed by atoms with van der Waals surface area (Å²) in [5.74, 6) is 1.58. The van der Waals surface area contributed by atoms with Gasteiger partial charge in [0.05, 0.1) is 11.1 Å². The largest absolute Gasteiger partial charge is 0.342 e. The molecule has 3 heterocycles. The second-order valence-corrected chi connectivity index (χ2v) is 9.83. The molecule has 2 fully saturated rings. The molecule has 2 aliphatic rings. The van der Waals surface area contributed by atoms with Crippen LogP contribution in [0.15, 0.2) is 30.5 Å². The maximum atomic E-state index is 13.2. The number of nitrogens with zero attached hydrogens (tertiary/aromatic N) is 4. The fraction of sp³-hybridized carbons (Fsp3) is 0.577. The zero-order valence-corrected chi connectivity index (χ0v) is 19.1. The van der Waals surface area contributed by atoms with Gasteiger partial charge in [-0.1, -0.05) is 19.1 Å². The first-order chi connectivity index (χ1) is 15.0. The van der Waals surface area contributed by atoms with Crippen molar-refractivity contribution in [3.8, 4) is 6.07 Å². The first kappa shape index (κ1) is 21.8. The Balaban J connectivity index is 1.47. The molecule has 5 heteroatoms. The van der Waals surface area contributed by atoms with Crippen molar-refractivity contribution < 1.29 is 4.79 Å². The van der Waals surface area contributed by atoms with E-state index in [1.54, 1.807) is 6.20 Å². The van der Waals surface area contributed by atoms with Gasteiger partial charge in [0.2, 0.25) is 5.91 Å². The first-order valence-corrected chi connectivity index (χ1v) is 11.8. The molecular formula is C26H34N4O. The van der Waals surface area contributed by atoms with Crippen LogP contribution in [-0.4, -0.2) is 52.9 Å². The van der Waals surface area contributed by atoms with E-state index in [4.69, 9.17) is 0 Å². The van der Waals surface area contributed by atoms with E-state index >= 15 is 0 Å². The van der Waals surface area contributed by atoms with Crippen molar-refractivity contribution in [2.45, 2.75) is 58.4 Å². The van der Waals surface area contributed by atoms with E-state index in [1.165, 1.54) is 5.56 Å². The van der Waals surface area contributed by atoms with E-state index in [-0.39, 0.29) is 5.92 Å². The number of carbonyl (C=O) groups is 1. The standard InChI is InChI=1S/C26H34N4O/c1-18(2)29-11-8-20(9-12-29)14-25(31)30-16-19(3)13-22(17-30)23-7-6-21(15-27)26-24(23)5-4-10-28-26/h4-7,10,18-20,22H,8-9,11-14,16-17H2,1-3H3. The highest BCUT2D eigenvalue weighted by Crippen LogP contribution is 2.35. The van der Waals surface area contributed by atoms with Gasteiger partial charge in [0, 0.05) is 43.1 Å². The van der Waals surface area contributed by atoms with Crippen LogP contribution in [0.4, 0.5) is 0 Å². The quantitative estimate of drug-likeness (QED) is 0.730. The van der Waals surface area contributed by atoms with Crippen LogP contribution >= 0.6 is 0 Å². The number of fused-ring (bicyclic) bond motifs is 1. The Morgan fingerprint density at radius 3 is 2.71 bits per heavy atom. The Kier molecular flexibility index (Phi) is 6.57. The lowest BCUT2D eigenvalue weighted by Crippen LogP contribution is -2.44. The van der Waals surface area contributed by atoms with Gasteiger partial charge < -0.3 is 9.80 Å². The van der Waals surface area contributed by atoms with Gasteiger partial charge in [0.15, 0.2) is 0 Å². The number of hydrogen-bond acceptors (Lipinski definition) is 4. The molecule has 1 amide bonds. The van der Waals surface area contributed by atoms with Gasteiger partial charge in [0.25, 0.3) is 0 Å². The summed E-state index contributed by atoms with van der Waals surface area (Å²) in [6.45, 7) is 10.6. The fourth-order valence-corrected chi connectivity index (χ4v) is 5.47. The third-order valence-corrected chi connectivity index (χ3v) is 7.22. The minimum Gasteiger partial charge on any atom is -0.342 e. The summed E-state index contributed by atoms with van der Waals surface area (Å²) >= 11 is 0. The Labute approximate surface area is 186 Å². The van der Waals surface area contributed by atoms with Crippen molar-refractivity contribution in [2.24, 2.45) is 11.8 Å². The van der Waals surface area contributed by atoms with Gasteiger partial charge in [-0.3, -0.25) is 9.78 Å². The molecule has 2 aliphatic heterocycles. The van der Waals surface area contributed by atoms with Crippen LogP contribution in [0.25, 0.3) is 10.9 Å². The van der Waals surface area contributed by atoms with Crippen LogP contribution in [0.2, 0.25) is 0 Å². The molecule has 0 aliphatic carbocycles. The van der Waals surface area contributed by atoms with Crippen molar-refractivity contribution in [1.29, 1.82) is 5.26 Å². The van der Waals surface area contributed by atoms with Crippen molar-refractivity contribution in [3.05, 3.63) is 41.6 Å². The maximum Gasteiger partial charge on any atom is 0.222 e. The van der Waals surface area contributed by atoms with E-state index in [9.17, 15) is 10.1 Å². The van der Waals surface area contributed by atoms with E-state index in [0.29, 0.717) is 35.8 Å². The predicted molar refractivity (Wildman–Crippen MR) is 124 cm³/mol. The van der Waals surface area contributed by atoms with Gasteiger partial charge in [0.1, 0.15) is 6.07 Å². The number of piperidine rings is 2. The third kappa shape index (κ3) is 4.75. The van der Waals surface area contributed by atoms with Crippen LogP contribution in [0, 0.1) is 23.2 Å². The van der Waals surface area contributed by atoms with Crippen LogP contribution in [-0.2, 0) is 4.79 Å². The lowest BCUT2D eigenvalue weighted by Gasteiger charge is -2.39. The molecule has 0 saturated carbocycles. The number of carbonyl (C=O) groups excluding carboxylic acids is 1. The predicted octanol–water partition coefficient (Wildman–Crippen LogP) is 4.57. The average molecular weight is 419 g/mol. The van der Waals surface area contributed by atoms with E-state index < -0.39 is 0 Å². The second-order valence-electron chi connectivity index (χ2n) is 9.83. The van der Waals surface area contributed by atoms with Gasteiger partial charge >= 0.3 is 0 Å². The smallest absolute Gasteiger partial charge is 0.222 e. The zero-order chi connectivity index (χ0) is 22.0. The maximum absolute atomic E-state index is 13.2. The SMILES string of the molecule is CC1CC(c2ccc(C#N)c3ncccc23)CN(C(=O)CC2CCN(C(C)C)CC2)C1. The highest BCUT2D eigenvalue weighted by molar-refractivity contribution is 5.87. The Morgan fingerprint density at radius 1 is 1.23 bits per heavy atom. The number of likely N-dealkylation sites (tertiary alicyclic amines) is 2. The summed E-state index contributed by atoms with van der Waals surface area (Å²) in [6.07, 6.45) is 5.75. The van der Waals surface area contributed by atoms with E-state index in [0.717, 1.165) is 56.3 Å². The molecule has 0 N–H and O–H groups in total. The number of benzene rings is 1. The average Bonchev–Trinajstić information content (AvgIpc) is 2.78. The van der Waals surface area contributed by atoms with Crippen molar-refractivity contribution >= 4 is 16.8 Å². The lowest BCUT2D eigenvalue weighted by molar-refractivity contribution is -0.134. The summed E-state index contributed by atoms with van der Waals surface area (Å²) in [4.78, 5) is 22.3. The Bertz CT molecular complexity index is 971. The van der Waals surface area contributed by atoms with Gasteiger partial charge in [-0.25, -0.2) is 0 Å². The molecule has 1 aromatic carbocycles. The minimum absolute atomic E-state index is 0.287. The number of hydrogen-bond donors (Lipinski definition) is 0. The number of pyridine rings is 1. The third-order valence-electron chi connectivity index (χ3n) is 7.22. The summed E-state index contributed by atoms with van der Waals surface area (Å²) in [6, 6.07) is 10.8. The first-order valence-electron chi connectivity index (χ1n) is 11.8. The minimum atomic E-state index is 0.287. The lowest BCUT2D eigenvalue weighted by atomic mass is 9.82. The molecule has 164 valence electrons. The van der Waals surface area contributed by atoms with Gasteiger partial charge in [-0.15, -0.1) is 0 Å². The molecule has 2 saturated heterocycles. The molecule has 5 nitrogen and oxygen atoms in total. The summed E-state index contributed by atoms with van der Waals surface area (Å²) in [5.41, 5.74) is 2.61. The highest BCUT2D eigenvalue weighted by Gasteiger charge is 2.31. The van der Waals surface area contributed by atoms with Crippen LogP contribution in [0.1, 0.15) is 63.5 Å². The molecule has 1 aromatic heterocycles. The number of aromatic nitrogens is 1. The Hall–Kier alpha value is -2.45. The van der Waals surface area contributed by atoms with Crippen LogP contribution in [0.3, 0.4) is 0 Å². The van der Waals surface area contributed by atoms with Gasteiger partial charge in [-0.2, -0.15) is 5.26 Å². The molecule has 2 atom stereocenters. The monoisotopic (exact) mass is 418 g/mol.